The summed E-state index contributed by atoms with van der Waals surface area (Å²) in [6.07, 6.45) is 2.98. The minimum absolute atomic E-state index is 0. The molecule has 15 heavy (non-hydrogen) atoms. The zero-order valence-electron chi connectivity index (χ0n) is 9.14. The summed E-state index contributed by atoms with van der Waals surface area (Å²) in [7, 11) is 0. The van der Waals surface area contributed by atoms with Crippen molar-refractivity contribution in [3.8, 4) is 0 Å². The Morgan fingerprint density at radius 2 is 2.27 bits per heavy atom. The highest BCUT2D eigenvalue weighted by Crippen LogP contribution is 2.23. The van der Waals surface area contributed by atoms with Gasteiger partial charge in [-0.3, -0.25) is 4.79 Å². The van der Waals surface area contributed by atoms with E-state index < -0.39 is 0 Å². The minimum atomic E-state index is -0.268. The fourth-order valence-electron chi connectivity index (χ4n) is 2.18. The average molecular weight is 234 g/mol. The molecule has 5 heteroatoms. The summed E-state index contributed by atoms with van der Waals surface area (Å²) >= 11 is 0. The standard InChI is InChI=1S/C10H19N3O.ClH/c1-2-10(4-3-5-12-10)9(14)13-8-6-11-7-8;/h8,11-12H,2-7H2,1H3,(H,13,14);1H. The molecule has 0 aliphatic carbocycles. The maximum Gasteiger partial charge on any atom is 0.240 e. The average Bonchev–Trinajstić information content (AvgIpc) is 2.60. The molecule has 1 atom stereocenters. The number of halogens is 1. The van der Waals surface area contributed by atoms with Crippen LogP contribution in [0.4, 0.5) is 0 Å². The lowest BCUT2D eigenvalue weighted by molar-refractivity contribution is -0.128. The molecule has 88 valence electrons. The third-order valence-corrected chi connectivity index (χ3v) is 3.40. The number of hydrogen-bond donors (Lipinski definition) is 3. The van der Waals surface area contributed by atoms with Gasteiger partial charge in [0.25, 0.3) is 0 Å². The summed E-state index contributed by atoms with van der Waals surface area (Å²) in [5.41, 5.74) is -0.268. The molecule has 0 bridgehead atoms. The van der Waals surface area contributed by atoms with Gasteiger partial charge < -0.3 is 16.0 Å². The van der Waals surface area contributed by atoms with Crippen molar-refractivity contribution in [3.05, 3.63) is 0 Å². The molecule has 2 aliphatic heterocycles. The molecule has 2 aliphatic rings. The Morgan fingerprint density at radius 3 is 2.67 bits per heavy atom. The smallest absolute Gasteiger partial charge is 0.240 e. The SMILES string of the molecule is CCC1(C(=O)NC2CNC2)CCCN1.Cl. The van der Waals surface area contributed by atoms with Crippen molar-refractivity contribution in [3.63, 3.8) is 0 Å². The molecule has 1 unspecified atom stereocenters. The Hall–Kier alpha value is -0.320. The fraction of sp³-hybridized carbons (Fsp3) is 0.900. The number of carbonyl (C=O) groups excluding carboxylic acids is 1. The van der Waals surface area contributed by atoms with Crippen LogP contribution in [0, 0.1) is 0 Å². The third kappa shape index (κ3) is 2.44. The lowest BCUT2D eigenvalue weighted by atomic mass is 9.92. The van der Waals surface area contributed by atoms with E-state index in [2.05, 4.69) is 22.9 Å². The van der Waals surface area contributed by atoms with Gasteiger partial charge in [-0.1, -0.05) is 6.92 Å². The van der Waals surface area contributed by atoms with Crippen molar-refractivity contribution >= 4 is 18.3 Å². The van der Waals surface area contributed by atoms with Crippen molar-refractivity contribution in [1.29, 1.82) is 0 Å². The second kappa shape index (κ2) is 5.14. The van der Waals surface area contributed by atoms with Gasteiger partial charge in [-0.2, -0.15) is 0 Å². The first-order valence-electron chi connectivity index (χ1n) is 5.53. The van der Waals surface area contributed by atoms with Gasteiger partial charge in [0.2, 0.25) is 5.91 Å². The van der Waals surface area contributed by atoms with Crippen LogP contribution in [-0.4, -0.2) is 37.1 Å². The third-order valence-electron chi connectivity index (χ3n) is 3.40. The number of nitrogens with one attached hydrogen (secondary N) is 3. The molecule has 0 aromatic heterocycles. The van der Waals surface area contributed by atoms with Crippen LogP contribution in [-0.2, 0) is 4.79 Å². The highest BCUT2D eigenvalue weighted by molar-refractivity contribution is 5.87. The van der Waals surface area contributed by atoms with Crippen LogP contribution in [0.2, 0.25) is 0 Å². The molecule has 2 rings (SSSR count). The Kier molecular flexibility index (Phi) is 4.37. The zero-order chi connectivity index (χ0) is 10.0. The van der Waals surface area contributed by atoms with Crippen LogP contribution < -0.4 is 16.0 Å². The lowest BCUT2D eigenvalue weighted by Gasteiger charge is -2.33. The van der Waals surface area contributed by atoms with Crippen LogP contribution in [0.15, 0.2) is 0 Å². The van der Waals surface area contributed by atoms with E-state index in [1.807, 2.05) is 0 Å². The molecule has 0 saturated carbocycles. The van der Waals surface area contributed by atoms with E-state index in [1.54, 1.807) is 0 Å². The second-order valence-electron chi connectivity index (χ2n) is 4.29. The van der Waals surface area contributed by atoms with E-state index in [4.69, 9.17) is 0 Å². The van der Waals surface area contributed by atoms with Gasteiger partial charge in [0.1, 0.15) is 0 Å². The summed E-state index contributed by atoms with van der Waals surface area (Å²) in [5, 5.41) is 9.58. The molecule has 2 fully saturated rings. The summed E-state index contributed by atoms with van der Waals surface area (Å²) in [6, 6.07) is 0.355. The lowest BCUT2D eigenvalue weighted by Crippen LogP contribution is -2.63. The van der Waals surface area contributed by atoms with Crippen molar-refractivity contribution in [1.82, 2.24) is 16.0 Å². The van der Waals surface area contributed by atoms with E-state index in [9.17, 15) is 4.79 Å². The summed E-state index contributed by atoms with van der Waals surface area (Å²) < 4.78 is 0. The van der Waals surface area contributed by atoms with Gasteiger partial charge >= 0.3 is 0 Å². The van der Waals surface area contributed by atoms with E-state index in [1.165, 1.54) is 0 Å². The molecule has 2 heterocycles. The topological polar surface area (TPSA) is 53.2 Å². The maximum atomic E-state index is 12.0. The summed E-state index contributed by atoms with van der Waals surface area (Å²) in [4.78, 5) is 12.0. The molecular formula is C10H20ClN3O. The molecule has 0 aromatic carbocycles. The highest BCUT2D eigenvalue weighted by atomic mass is 35.5. The molecule has 3 N–H and O–H groups in total. The van der Waals surface area contributed by atoms with E-state index in [0.717, 1.165) is 38.9 Å². The second-order valence-corrected chi connectivity index (χ2v) is 4.29. The normalized spacial score (nSPS) is 30.5. The first-order chi connectivity index (χ1) is 6.77. The molecule has 4 nitrogen and oxygen atoms in total. The van der Waals surface area contributed by atoms with Gasteiger partial charge in [-0.05, 0) is 25.8 Å². The Balaban J connectivity index is 0.00000112. The Morgan fingerprint density at radius 1 is 1.53 bits per heavy atom. The van der Waals surface area contributed by atoms with Crippen LogP contribution in [0.3, 0.4) is 0 Å². The zero-order valence-corrected chi connectivity index (χ0v) is 9.95. The largest absolute Gasteiger partial charge is 0.349 e. The molecule has 0 radical (unpaired) electrons. The van der Waals surface area contributed by atoms with E-state index in [-0.39, 0.29) is 23.9 Å². The molecule has 0 aromatic rings. The minimum Gasteiger partial charge on any atom is -0.349 e. The Bertz CT molecular complexity index is 225. The van der Waals surface area contributed by atoms with Gasteiger partial charge in [0.15, 0.2) is 0 Å². The molecule has 1 amide bonds. The molecule has 0 spiro atoms. The quantitative estimate of drug-likeness (QED) is 0.645. The summed E-state index contributed by atoms with van der Waals surface area (Å²) in [5.74, 6) is 0.198. The monoisotopic (exact) mass is 233 g/mol. The van der Waals surface area contributed by atoms with Crippen molar-refractivity contribution < 1.29 is 4.79 Å². The first-order valence-corrected chi connectivity index (χ1v) is 5.53. The summed E-state index contributed by atoms with van der Waals surface area (Å²) in [6.45, 7) is 4.90. The van der Waals surface area contributed by atoms with E-state index in [0.29, 0.717) is 6.04 Å². The number of hydrogen-bond acceptors (Lipinski definition) is 3. The highest BCUT2D eigenvalue weighted by Gasteiger charge is 2.40. The van der Waals surface area contributed by atoms with Crippen molar-refractivity contribution in [2.75, 3.05) is 19.6 Å². The van der Waals surface area contributed by atoms with Gasteiger partial charge in [0.05, 0.1) is 11.6 Å². The first kappa shape index (κ1) is 12.7. The van der Waals surface area contributed by atoms with Gasteiger partial charge in [-0.25, -0.2) is 0 Å². The molecular weight excluding hydrogens is 214 g/mol. The number of carbonyl (C=O) groups is 1. The van der Waals surface area contributed by atoms with Crippen LogP contribution in [0.5, 0.6) is 0 Å². The predicted molar refractivity (Wildman–Crippen MR) is 62.3 cm³/mol. The molecule has 2 saturated heterocycles. The number of rotatable bonds is 3. The van der Waals surface area contributed by atoms with Crippen molar-refractivity contribution in [2.24, 2.45) is 0 Å². The van der Waals surface area contributed by atoms with Crippen LogP contribution >= 0.6 is 12.4 Å². The van der Waals surface area contributed by atoms with Gasteiger partial charge in [0, 0.05) is 13.1 Å². The van der Waals surface area contributed by atoms with E-state index >= 15 is 0 Å². The predicted octanol–water partition coefficient (Wildman–Crippen LogP) is 0.0284. The maximum absolute atomic E-state index is 12.0. The van der Waals surface area contributed by atoms with Crippen molar-refractivity contribution in [2.45, 2.75) is 37.8 Å². The van der Waals surface area contributed by atoms with Crippen LogP contribution in [0.1, 0.15) is 26.2 Å². The van der Waals surface area contributed by atoms with Crippen LogP contribution in [0.25, 0.3) is 0 Å². The Labute approximate surface area is 97.0 Å². The number of amides is 1. The fourth-order valence-corrected chi connectivity index (χ4v) is 2.18. The van der Waals surface area contributed by atoms with Gasteiger partial charge in [-0.15, -0.1) is 12.4 Å².